The number of ether oxygens (including phenoxy) is 1. The van der Waals surface area contributed by atoms with Crippen molar-refractivity contribution in [1.82, 2.24) is 0 Å². The summed E-state index contributed by atoms with van der Waals surface area (Å²) in [7, 11) is 0. The molecule has 1 heterocycles. The summed E-state index contributed by atoms with van der Waals surface area (Å²) in [5.41, 5.74) is 4.87. The maximum absolute atomic E-state index is 5.88. The van der Waals surface area contributed by atoms with Gasteiger partial charge in [-0.2, -0.15) is 0 Å². The Labute approximate surface area is 118 Å². The third-order valence-corrected chi connectivity index (χ3v) is 4.24. The van der Waals surface area contributed by atoms with Crippen molar-refractivity contribution < 1.29 is 4.74 Å². The summed E-state index contributed by atoms with van der Waals surface area (Å²) >= 11 is 0. The van der Waals surface area contributed by atoms with Crippen LogP contribution < -0.4 is 0 Å². The average Bonchev–Trinajstić information content (AvgIpc) is 2.47. The minimum Gasteiger partial charge on any atom is -0.377 e. The van der Waals surface area contributed by atoms with Crippen molar-refractivity contribution in [2.75, 3.05) is 6.61 Å². The zero-order valence-electron chi connectivity index (χ0n) is 13.3. The van der Waals surface area contributed by atoms with Crippen LogP contribution in [0.25, 0.3) is 0 Å². The topological polar surface area (TPSA) is 9.23 Å². The minimum atomic E-state index is 0.182. The Bertz CT molecular complexity index is 446. The van der Waals surface area contributed by atoms with Gasteiger partial charge in [-0.05, 0) is 39.9 Å². The molecule has 106 valence electrons. The Morgan fingerprint density at radius 3 is 2.32 bits per heavy atom. The first-order valence-corrected chi connectivity index (χ1v) is 7.41. The van der Waals surface area contributed by atoms with E-state index in [-0.39, 0.29) is 5.41 Å². The van der Waals surface area contributed by atoms with E-state index < -0.39 is 0 Å². The molecule has 1 nitrogen and oxygen atoms in total. The first-order chi connectivity index (χ1) is 8.71. The lowest BCUT2D eigenvalue weighted by Gasteiger charge is -2.33. The highest BCUT2D eigenvalue weighted by atomic mass is 16.5. The molecular weight excluding hydrogens is 232 g/mol. The smallest absolute Gasteiger partial charge is 0.0722 e. The van der Waals surface area contributed by atoms with Crippen LogP contribution in [0.5, 0.6) is 0 Å². The number of benzene rings is 1. The van der Waals surface area contributed by atoms with Gasteiger partial charge in [0.2, 0.25) is 0 Å². The molecule has 0 amide bonds. The summed E-state index contributed by atoms with van der Waals surface area (Å²) in [6.07, 6.45) is 1.13. The van der Waals surface area contributed by atoms with Gasteiger partial charge in [-0.25, -0.2) is 0 Å². The fourth-order valence-electron chi connectivity index (χ4n) is 3.23. The normalized spacial score (nSPS) is 20.8. The van der Waals surface area contributed by atoms with Crippen LogP contribution in [-0.4, -0.2) is 6.61 Å². The van der Waals surface area contributed by atoms with Crippen LogP contribution in [0.1, 0.15) is 70.6 Å². The molecule has 0 aromatic heterocycles. The Hall–Kier alpha value is -0.820. The van der Waals surface area contributed by atoms with Gasteiger partial charge in [-0.1, -0.05) is 59.7 Å². The molecule has 0 spiro atoms. The van der Waals surface area contributed by atoms with E-state index in [0.29, 0.717) is 11.3 Å². The van der Waals surface area contributed by atoms with Crippen molar-refractivity contribution in [3.8, 4) is 0 Å². The maximum Gasteiger partial charge on any atom is 0.0722 e. The van der Waals surface area contributed by atoms with Crippen LogP contribution in [0.3, 0.4) is 0 Å². The number of hydrogen-bond donors (Lipinski definition) is 0. The minimum absolute atomic E-state index is 0.182. The molecule has 19 heavy (non-hydrogen) atoms. The second-order valence-corrected chi connectivity index (χ2v) is 7.88. The molecule has 1 aromatic rings. The van der Waals surface area contributed by atoms with E-state index in [1.165, 1.54) is 16.7 Å². The summed E-state index contributed by atoms with van der Waals surface area (Å²) in [5, 5.41) is 0. The van der Waals surface area contributed by atoms with Gasteiger partial charge in [-0.15, -0.1) is 0 Å². The van der Waals surface area contributed by atoms with Crippen molar-refractivity contribution in [2.24, 2.45) is 5.41 Å². The van der Waals surface area contributed by atoms with Crippen molar-refractivity contribution in [2.45, 2.75) is 65.9 Å². The second-order valence-electron chi connectivity index (χ2n) is 7.88. The van der Waals surface area contributed by atoms with Gasteiger partial charge in [0.05, 0.1) is 6.61 Å². The SMILES string of the molecule is CC(C)(C)c1cccc2c1COCCC2C(C)(C)C. The fraction of sp³-hybridized carbons (Fsp3) is 0.667. The monoisotopic (exact) mass is 260 g/mol. The lowest BCUT2D eigenvalue weighted by atomic mass is 9.71. The predicted molar refractivity (Wildman–Crippen MR) is 81.6 cm³/mol. The van der Waals surface area contributed by atoms with E-state index in [2.05, 4.69) is 59.7 Å². The van der Waals surface area contributed by atoms with E-state index in [0.717, 1.165) is 19.6 Å². The third kappa shape index (κ3) is 3.02. The maximum atomic E-state index is 5.88. The molecule has 1 heteroatoms. The first-order valence-electron chi connectivity index (χ1n) is 7.41. The van der Waals surface area contributed by atoms with Crippen LogP contribution in [0.4, 0.5) is 0 Å². The zero-order valence-corrected chi connectivity index (χ0v) is 13.3. The summed E-state index contributed by atoms with van der Waals surface area (Å²) in [5.74, 6) is 0.590. The predicted octanol–water partition coefficient (Wildman–Crippen LogP) is 5.03. The van der Waals surface area contributed by atoms with E-state index in [9.17, 15) is 0 Å². The number of hydrogen-bond acceptors (Lipinski definition) is 1. The molecule has 2 rings (SSSR count). The van der Waals surface area contributed by atoms with Crippen LogP contribution in [-0.2, 0) is 16.8 Å². The van der Waals surface area contributed by atoms with Gasteiger partial charge >= 0.3 is 0 Å². The summed E-state index contributed by atoms with van der Waals surface area (Å²) in [4.78, 5) is 0. The number of rotatable bonds is 0. The van der Waals surface area contributed by atoms with Gasteiger partial charge in [0.25, 0.3) is 0 Å². The van der Waals surface area contributed by atoms with Crippen molar-refractivity contribution >= 4 is 0 Å². The Kier molecular flexibility index (Phi) is 3.79. The van der Waals surface area contributed by atoms with Gasteiger partial charge < -0.3 is 4.74 Å². The molecule has 1 aliphatic heterocycles. The van der Waals surface area contributed by atoms with Crippen LogP contribution in [0.15, 0.2) is 18.2 Å². The highest BCUT2D eigenvalue weighted by Gasteiger charge is 2.31. The Morgan fingerprint density at radius 1 is 1.05 bits per heavy atom. The second kappa shape index (κ2) is 4.94. The molecule has 1 aromatic carbocycles. The van der Waals surface area contributed by atoms with Crippen LogP contribution >= 0.6 is 0 Å². The molecule has 0 N–H and O–H groups in total. The van der Waals surface area contributed by atoms with Crippen LogP contribution in [0, 0.1) is 5.41 Å². The van der Waals surface area contributed by atoms with Crippen LogP contribution in [0.2, 0.25) is 0 Å². The first kappa shape index (κ1) is 14.6. The lowest BCUT2D eigenvalue weighted by molar-refractivity contribution is 0.113. The standard InChI is InChI=1S/C18H28O/c1-17(2,3)15-9-7-8-13-14(15)12-19-11-10-16(13)18(4,5)6/h7-9,16H,10-12H2,1-6H3. The average molecular weight is 260 g/mol. The molecule has 0 bridgehead atoms. The summed E-state index contributed by atoms with van der Waals surface area (Å²) in [6, 6.07) is 6.81. The molecule has 0 aliphatic carbocycles. The molecular formula is C18H28O. The van der Waals surface area contributed by atoms with E-state index >= 15 is 0 Å². The highest BCUT2D eigenvalue weighted by molar-refractivity contribution is 5.42. The molecule has 0 fully saturated rings. The quantitative estimate of drug-likeness (QED) is 0.635. The van der Waals surface area contributed by atoms with E-state index in [1.54, 1.807) is 0 Å². The molecule has 1 atom stereocenters. The molecule has 0 saturated heterocycles. The van der Waals surface area contributed by atoms with Crippen molar-refractivity contribution in [3.05, 3.63) is 34.9 Å². The van der Waals surface area contributed by atoms with Crippen molar-refractivity contribution in [3.63, 3.8) is 0 Å². The van der Waals surface area contributed by atoms with Gasteiger partial charge in [0, 0.05) is 6.61 Å². The number of fused-ring (bicyclic) bond motifs is 1. The molecule has 0 saturated carbocycles. The van der Waals surface area contributed by atoms with Gasteiger partial charge in [-0.3, -0.25) is 0 Å². The summed E-state index contributed by atoms with van der Waals surface area (Å²) < 4.78 is 5.88. The molecule has 1 unspecified atom stereocenters. The highest BCUT2D eigenvalue weighted by Crippen LogP contribution is 2.43. The lowest BCUT2D eigenvalue weighted by Crippen LogP contribution is -2.21. The Balaban J connectivity index is 2.57. The van der Waals surface area contributed by atoms with Crippen molar-refractivity contribution in [1.29, 1.82) is 0 Å². The molecule has 1 aliphatic rings. The van der Waals surface area contributed by atoms with E-state index in [1.807, 2.05) is 0 Å². The van der Waals surface area contributed by atoms with Gasteiger partial charge in [0.1, 0.15) is 0 Å². The fourth-order valence-corrected chi connectivity index (χ4v) is 3.23. The summed E-state index contributed by atoms with van der Waals surface area (Å²) in [6.45, 7) is 15.6. The van der Waals surface area contributed by atoms with E-state index in [4.69, 9.17) is 4.74 Å². The molecule has 0 radical (unpaired) electrons. The largest absolute Gasteiger partial charge is 0.377 e. The Morgan fingerprint density at radius 2 is 1.74 bits per heavy atom. The zero-order chi connectivity index (χ0) is 14.3. The third-order valence-electron chi connectivity index (χ3n) is 4.24. The van der Waals surface area contributed by atoms with Gasteiger partial charge in [0.15, 0.2) is 0 Å².